The number of nitrogens with one attached hydrogen (secondary N) is 1. The molecule has 0 fully saturated rings. The lowest BCUT2D eigenvalue weighted by atomic mass is 10.1. The second-order valence-corrected chi connectivity index (χ2v) is 5.12. The van der Waals surface area contributed by atoms with Crippen LogP contribution in [-0.4, -0.2) is 30.3 Å². The molecule has 0 aromatic heterocycles. The van der Waals surface area contributed by atoms with Crippen molar-refractivity contribution in [1.82, 2.24) is 4.90 Å². The fourth-order valence-electron chi connectivity index (χ4n) is 2.03. The van der Waals surface area contributed by atoms with Gasteiger partial charge >= 0.3 is 0 Å². The molecule has 120 valence electrons. The molecular weight excluding hydrogens is 302 g/mol. The molecule has 2 aromatic carbocycles. The van der Waals surface area contributed by atoms with Gasteiger partial charge in [0.05, 0.1) is 13.0 Å². The van der Waals surface area contributed by atoms with Crippen LogP contribution in [0.1, 0.15) is 5.56 Å². The predicted molar refractivity (Wildman–Crippen MR) is 82.8 cm³/mol. The van der Waals surface area contributed by atoms with Crippen molar-refractivity contribution in [2.45, 2.75) is 6.42 Å². The fraction of sp³-hybridized carbons (Fsp3) is 0.176. The Bertz CT molecular complexity index is 719. The second kappa shape index (κ2) is 7.49. The van der Waals surface area contributed by atoms with Gasteiger partial charge in [0.2, 0.25) is 11.8 Å². The summed E-state index contributed by atoms with van der Waals surface area (Å²) in [4.78, 5) is 25.1. The zero-order chi connectivity index (χ0) is 16.8. The molecule has 2 rings (SSSR count). The number of rotatable bonds is 5. The number of halogens is 2. The van der Waals surface area contributed by atoms with Gasteiger partial charge in [0.1, 0.15) is 11.6 Å². The summed E-state index contributed by atoms with van der Waals surface area (Å²) in [6.45, 7) is -0.176. The van der Waals surface area contributed by atoms with E-state index in [4.69, 9.17) is 0 Å². The predicted octanol–water partition coefficient (Wildman–Crippen LogP) is 2.60. The van der Waals surface area contributed by atoms with Gasteiger partial charge in [-0.15, -0.1) is 0 Å². The zero-order valence-corrected chi connectivity index (χ0v) is 12.6. The molecule has 0 bridgehead atoms. The summed E-state index contributed by atoms with van der Waals surface area (Å²) in [6.07, 6.45) is 0.00149. The third-order valence-electron chi connectivity index (χ3n) is 3.16. The van der Waals surface area contributed by atoms with Crippen LogP contribution in [0.5, 0.6) is 0 Å². The highest BCUT2D eigenvalue weighted by molar-refractivity contribution is 5.94. The van der Waals surface area contributed by atoms with Gasteiger partial charge in [0.15, 0.2) is 0 Å². The van der Waals surface area contributed by atoms with Crippen LogP contribution in [0.2, 0.25) is 0 Å². The molecule has 0 spiro atoms. The molecule has 0 radical (unpaired) electrons. The Morgan fingerprint density at radius 1 is 1.04 bits per heavy atom. The van der Waals surface area contributed by atoms with Gasteiger partial charge in [-0.1, -0.05) is 18.2 Å². The Balaban J connectivity index is 1.89. The monoisotopic (exact) mass is 318 g/mol. The van der Waals surface area contributed by atoms with Crippen LogP contribution in [0, 0.1) is 11.6 Å². The molecule has 0 saturated carbocycles. The zero-order valence-electron chi connectivity index (χ0n) is 12.6. The largest absolute Gasteiger partial charge is 0.336 e. The lowest BCUT2D eigenvalue weighted by Crippen LogP contribution is -2.35. The molecule has 4 nitrogen and oxygen atoms in total. The van der Waals surface area contributed by atoms with E-state index in [0.29, 0.717) is 11.3 Å². The van der Waals surface area contributed by atoms with Gasteiger partial charge in [-0.3, -0.25) is 9.59 Å². The minimum Gasteiger partial charge on any atom is -0.336 e. The van der Waals surface area contributed by atoms with Gasteiger partial charge in [-0.25, -0.2) is 8.78 Å². The first kappa shape index (κ1) is 16.6. The Kier molecular flexibility index (Phi) is 5.41. The van der Waals surface area contributed by atoms with Crippen LogP contribution in [0.25, 0.3) is 0 Å². The number of hydrogen-bond donors (Lipinski definition) is 1. The van der Waals surface area contributed by atoms with E-state index in [0.717, 1.165) is 0 Å². The van der Waals surface area contributed by atoms with E-state index in [1.807, 2.05) is 0 Å². The molecule has 0 aliphatic carbocycles. The molecule has 23 heavy (non-hydrogen) atoms. The normalized spacial score (nSPS) is 10.2. The highest BCUT2D eigenvalue weighted by Gasteiger charge is 2.14. The summed E-state index contributed by atoms with van der Waals surface area (Å²) < 4.78 is 26.1. The molecule has 2 aromatic rings. The lowest BCUT2D eigenvalue weighted by molar-refractivity contribution is -0.132. The standard InChI is InChI=1S/C17H16F2N2O2/c1-21(17(23)9-12-4-2-5-13(18)8-12)11-16(22)20-15-7-3-6-14(19)10-15/h2-8,10H,9,11H2,1H3,(H,20,22). The molecule has 0 aliphatic heterocycles. The van der Waals surface area contributed by atoms with E-state index < -0.39 is 17.5 Å². The molecule has 0 saturated heterocycles. The number of hydrogen-bond acceptors (Lipinski definition) is 2. The molecule has 0 atom stereocenters. The van der Waals surface area contributed by atoms with E-state index in [1.54, 1.807) is 12.1 Å². The molecule has 0 aliphatic rings. The van der Waals surface area contributed by atoms with Crippen molar-refractivity contribution in [3.63, 3.8) is 0 Å². The third-order valence-corrected chi connectivity index (χ3v) is 3.16. The highest BCUT2D eigenvalue weighted by atomic mass is 19.1. The van der Waals surface area contributed by atoms with Gasteiger partial charge in [0.25, 0.3) is 0 Å². The minimum atomic E-state index is -0.460. The SMILES string of the molecule is CN(CC(=O)Nc1cccc(F)c1)C(=O)Cc1cccc(F)c1. The molecular formula is C17H16F2N2O2. The molecule has 6 heteroatoms. The fourth-order valence-corrected chi connectivity index (χ4v) is 2.03. The van der Waals surface area contributed by atoms with E-state index in [2.05, 4.69) is 5.32 Å². The van der Waals surface area contributed by atoms with Crippen LogP contribution < -0.4 is 5.32 Å². The summed E-state index contributed by atoms with van der Waals surface area (Å²) in [5.74, 6) is -1.63. The van der Waals surface area contributed by atoms with Crippen molar-refractivity contribution in [3.8, 4) is 0 Å². The van der Waals surface area contributed by atoms with Crippen molar-refractivity contribution in [3.05, 3.63) is 65.7 Å². The Hall–Kier alpha value is -2.76. The minimum absolute atomic E-state index is 0.00149. The number of nitrogens with zero attached hydrogens (tertiary/aromatic N) is 1. The summed E-state index contributed by atoms with van der Waals surface area (Å²) in [7, 11) is 1.48. The van der Waals surface area contributed by atoms with Crippen LogP contribution in [-0.2, 0) is 16.0 Å². The average Bonchev–Trinajstić information content (AvgIpc) is 2.47. The van der Waals surface area contributed by atoms with Crippen molar-refractivity contribution >= 4 is 17.5 Å². The number of benzene rings is 2. The van der Waals surface area contributed by atoms with Crippen LogP contribution in [0.3, 0.4) is 0 Å². The quantitative estimate of drug-likeness (QED) is 0.921. The van der Waals surface area contributed by atoms with E-state index in [-0.39, 0.29) is 18.9 Å². The van der Waals surface area contributed by atoms with Crippen molar-refractivity contribution in [1.29, 1.82) is 0 Å². The van der Waals surface area contributed by atoms with Gasteiger partial charge in [-0.2, -0.15) is 0 Å². The van der Waals surface area contributed by atoms with Crippen LogP contribution in [0.15, 0.2) is 48.5 Å². The van der Waals surface area contributed by atoms with Crippen LogP contribution in [0.4, 0.5) is 14.5 Å². The first-order chi connectivity index (χ1) is 10.9. The molecule has 0 unspecified atom stereocenters. The topological polar surface area (TPSA) is 49.4 Å². The smallest absolute Gasteiger partial charge is 0.243 e. The maximum absolute atomic E-state index is 13.1. The summed E-state index contributed by atoms with van der Waals surface area (Å²) in [5, 5.41) is 2.51. The van der Waals surface area contributed by atoms with E-state index in [9.17, 15) is 18.4 Å². The summed E-state index contributed by atoms with van der Waals surface area (Å²) in [6, 6.07) is 11.2. The number of amides is 2. The number of likely N-dealkylation sites (N-methyl/N-ethyl adjacent to an activating group) is 1. The van der Waals surface area contributed by atoms with E-state index >= 15 is 0 Å². The van der Waals surface area contributed by atoms with Crippen molar-refractivity contribution in [2.24, 2.45) is 0 Å². The average molecular weight is 318 g/mol. The van der Waals surface area contributed by atoms with E-state index in [1.165, 1.54) is 48.3 Å². The maximum Gasteiger partial charge on any atom is 0.243 e. The molecule has 2 amide bonds. The van der Waals surface area contributed by atoms with Crippen LogP contribution >= 0.6 is 0 Å². The number of carbonyl (C=O) groups excluding carboxylic acids is 2. The highest BCUT2D eigenvalue weighted by Crippen LogP contribution is 2.09. The van der Waals surface area contributed by atoms with Gasteiger partial charge in [0, 0.05) is 12.7 Å². The van der Waals surface area contributed by atoms with Gasteiger partial charge in [-0.05, 0) is 35.9 Å². The summed E-state index contributed by atoms with van der Waals surface area (Å²) in [5.41, 5.74) is 0.855. The van der Waals surface area contributed by atoms with Crippen molar-refractivity contribution in [2.75, 3.05) is 18.9 Å². The van der Waals surface area contributed by atoms with Gasteiger partial charge < -0.3 is 10.2 Å². The third kappa shape index (κ3) is 5.18. The Morgan fingerprint density at radius 3 is 2.35 bits per heavy atom. The second-order valence-electron chi connectivity index (χ2n) is 5.12. The number of anilines is 1. The molecule has 1 N–H and O–H groups in total. The molecule has 0 heterocycles. The Labute approximate surface area is 132 Å². The first-order valence-corrected chi connectivity index (χ1v) is 6.98. The number of carbonyl (C=O) groups is 2. The first-order valence-electron chi connectivity index (χ1n) is 6.98. The Morgan fingerprint density at radius 2 is 1.70 bits per heavy atom. The lowest BCUT2D eigenvalue weighted by Gasteiger charge is -2.17. The maximum atomic E-state index is 13.1. The summed E-state index contributed by atoms with van der Waals surface area (Å²) >= 11 is 0. The van der Waals surface area contributed by atoms with Crippen molar-refractivity contribution < 1.29 is 18.4 Å².